The molecule has 0 aliphatic carbocycles. The molecule has 0 radical (unpaired) electrons. The van der Waals surface area contributed by atoms with Crippen LogP contribution in [-0.2, 0) is 11.3 Å². The lowest BCUT2D eigenvalue weighted by atomic mass is 10.0. The topological polar surface area (TPSA) is 80.0 Å². The highest BCUT2D eigenvalue weighted by Gasteiger charge is 2.17. The number of nitrogens with one attached hydrogen (secondary N) is 2. The molecule has 0 bridgehead atoms. The summed E-state index contributed by atoms with van der Waals surface area (Å²) in [6, 6.07) is 7.82. The molecule has 0 spiro atoms. The molecule has 1 atom stereocenters. The number of aromatic nitrogens is 2. The third kappa shape index (κ3) is 3.71. The fourth-order valence-electron chi connectivity index (χ4n) is 2.61. The van der Waals surface area contributed by atoms with E-state index in [4.69, 9.17) is 4.52 Å². The maximum Gasteiger partial charge on any atom is 0.223 e. The summed E-state index contributed by atoms with van der Waals surface area (Å²) < 4.78 is 4.97. The second kappa shape index (κ2) is 6.70. The van der Waals surface area contributed by atoms with Crippen molar-refractivity contribution >= 4 is 5.91 Å². The smallest absolute Gasteiger partial charge is 0.223 e. The second-order valence-corrected chi connectivity index (χ2v) is 5.67. The van der Waals surface area contributed by atoms with Crippen LogP contribution in [0.3, 0.4) is 0 Å². The second-order valence-electron chi connectivity index (χ2n) is 5.67. The molecular formula is C16H20N4O2. The van der Waals surface area contributed by atoms with Gasteiger partial charge in [0, 0.05) is 25.5 Å². The van der Waals surface area contributed by atoms with E-state index in [0.29, 0.717) is 30.6 Å². The molecule has 2 heterocycles. The number of benzene rings is 1. The van der Waals surface area contributed by atoms with E-state index < -0.39 is 0 Å². The van der Waals surface area contributed by atoms with Crippen molar-refractivity contribution in [1.82, 2.24) is 20.8 Å². The van der Waals surface area contributed by atoms with Gasteiger partial charge in [0.2, 0.25) is 17.6 Å². The van der Waals surface area contributed by atoms with E-state index in [2.05, 4.69) is 20.8 Å². The van der Waals surface area contributed by atoms with E-state index in [0.717, 1.165) is 30.6 Å². The van der Waals surface area contributed by atoms with E-state index >= 15 is 0 Å². The molecular weight excluding hydrogens is 280 g/mol. The van der Waals surface area contributed by atoms with Crippen LogP contribution >= 0.6 is 0 Å². The molecule has 6 heteroatoms. The van der Waals surface area contributed by atoms with Gasteiger partial charge in [-0.15, -0.1) is 0 Å². The lowest BCUT2D eigenvalue weighted by Gasteiger charge is -2.09. The van der Waals surface area contributed by atoms with Crippen molar-refractivity contribution in [2.24, 2.45) is 5.92 Å². The molecule has 0 unspecified atom stereocenters. The molecule has 6 nitrogen and oxygen atoms in total. The molecule has 1 aromatic carbocycles. The molecule has 1 aliphatic rings. The third-order valence-corrected chi connectivity index (χ3v) is 3.87. The number of carbonyl (C=O) groups is 1. The van der Waals surface area contributed by atoms with E-state index in [1.165, 1.54) is 0 Å². The Morgan fingerprint density at radius 2 is 2.23 bits per heavy atom. The molecule has 1 amide bonds. The Hall–Kier alpha value is -2.21. The van der Waals surface area contributed by atoms with Crippen molar-refractivity contribution in [1.29, 1.82) is 0 Å². The Morgan fingerprint density at radius 3 is 2.86 bits per heavy atom. The molecule has 22 heavy (non-hydrogen) atoms. The van der Waals surface area contributed by atoms with Gasteiger partial charge in [0.15, 0.2) is 0 Å². The first-order valence-electron chi connectivity index (χ1n) is 7.58. The Labute approximate surface area is 129 Å². The number of hydrogen-bond donors (Lipinski definition) is 2. The van der Waals surface area contributed by atoms with Crippen LogP contribution in [0.2, 0.25) is 0 Å². The molecule has 1 fully saturated rings. The summed E-state index contributed by atoms with van der Waals surface area (Å²) in [4.78, 5) is 16.1. The van der Waals surface area contributed by atoms with Gasteiger partial charge in [-0.25, -0.2) is 0 Å². The number of aryl methyl sites for hydroxylation is 1. The lowest BCUT2D eigenvalue weighted by molar-refractivity contribution is -0.122. The zero-order valence-corrected chi connectivity index (χ0v) is 12.6. The standard InChI is InChI=1S/C16H20N4O2/c1-11-19-16(20-22-11)14-4-2-12(3-5-14)10-18-15(21)8-13-6-7-17-9-13/h2-5,13,17H,6-10H2,1H3,(H,18,21)/t13-/m0/s1. The SMILES string of the molecule is Cc1nc(-c2ccc(CNC(=O)C[C@@H]3CCNC3)cc2)no1. The first-order chi connectivity index (χ1) is 10.7. The average Bonchev–Trinajstić information content (AvgIpc) is 3.17. The van der Waals surface area contributed by atoms with Gasteiger partial charge >= 0.3 is 0 Å². The van der Waals surface area contributed by atoms with Crippen LogP contribution in [0.5, 0.6) is 0 Å². The molecule has 1 aromatic heterocycles. The van der Waals surface area contributed by atoms with E-state index in [1.54, 1.807) is 6.92 Å². The normalized spacial score (nSPS) is 17.6. The summed E-state index contributed by atoms with van der Waals surface area (Å²) in [6.07, 6.45) is 1.69. The number of nitrogens with zero attached hydrogens (tertiary/aromatic N) is 2. The molecule has 2 N–H and O–H groups in total. The van der Waals surface area contributed by atoms with Gasteiger partial charge in [0.1, 0.15) is 0 Å². The van der Waals surface area contributed by atoms with Crippen molar-refractivity contribution in [2.75, 3.05) is 13.1 Å². The third-order valence-electron chi connectivity index (χ3n) is 3.87. The van der Waals surface area contributed by atoms with Gasteiger partial charge in [0.05, 0.1) is 0 Å². The van der Waals surface area contributed by atoms with Crippen LogP contribution in [0.4, 0.5) is 0 Å². The highest BCUT2D eigenvalue weighted by molar-refractivity contribution is 5.76. The zero-order chi connectivity index (χ0) is 15.4. The molecule has 116 valence electrons. The molecule has 3 rings (SSSR count). The van der Waals surface area contributed by atoms with Crippen LogP contribution in [0.15, 0.2) is 28.8 Å². The van der Waals surface area contributed by atoms with Gasteiger partial charge in [-0.1, -0.05) is 29.4 Å². The predicted molar refractivity (Wildman–Crippen MR) is 81.9 cm³/mol. The fourth-order valence-corrected chi connectivity index (χ4v) is 2.61. The van der Waals surface area contributed by atoms with E-state index in [-0.39, 0.29) is 5.91 Å². The first-order valence-corrected chi connectivity index (χ1v) is 7.58. The summed E-state index contributed by atoms with van der Waals surface area (Å²) in [5, 5.41) is 10.1. The fraction of sp³-hybridized carbons (Fsp3) is 0.438. The highest BCUT2D eigenvalue weighted by Crippen LogP contribution is 2.16. The van der Waals surface area contributed by atoms with E-state index in [1.807, 2.05) is 24.3 Å². The van der Waals surface area contributed by atoms with Crippen LogP contribution < -0.4 is 10.6 Å². The van der Waals surface area contributed by atoms with Crippen molar-refractivity contribution in [3.05, 3.63) is 35.7 Å². The minimum atomic E-state index is 0.117. The van der Waals surface area contributed by atoms with Crippen molar-refractivity contribution in [3.8, 4) is 11.4 Å². The molecule has 0 saturated carbocycles. The zero-order valence-electron chi connectivity index (χ0n) is 12.6. The number of hydrogen-bond acceptors (Lipinski definition) is 5. The number of rotatable bonds is 5. The molecule has 2 aromatic rings. The minimum absolute atomic E-state index is 0.117. The summed E-state index contributed by atoms with van der Waals surface area (Å²) in [5.41, 5.74) is 1.96. The predicted octanol–water partition coefficient (Wildman–Crippen LogP) is 1.66. The number of carbonyl (C=O) groups excluding carboxylic acids is 1. The van der Waals surface area contributed by atoms with Crippen molar-refractivity contribution in [3.63, 3.8) is 0 Å². The van der Waals surface area contributed by atoms with Crippen LogP contribution in [0.25, 0.3) is 11.4 Å². The molecule has 1 saturated heterocycles. The lowest BCUT2D eigenvalue weighted by Crippen LogP contribution is -2.25. The van der Waals surface area contributed by atoms with Gasteiger partial charge < -0.3 is 15.2 Å². The Morgan fingerprint density at radius 1 is 1.41 bits per heavy atom. The summed E-state index contributed by atoms with van der Waals surface area (Å²) in [6.45, 7) is 4.28. The Kier molecular flexibility index (Phi) is 4.48. The van der Waals surface area contributed by atoms with Crippen LogP contribution in [-0.4, -0.2) is 29.1 Å². The summed E-state index contributed by atoms with van der Waals surface area (Å²) in [5.74, 6) is 1.73. The molecule has 1 aliphatic heterocycles. The average molecular weight is 300 g/mol. The van der Waals surface area contributed by atoms with Crippen LogP contribution in [0, 0.1) is 12.8 Å². The van der Waals surface area contributed by atoms with Gasteiger partial charge in [-0.3, -0.25) is 4.79 Å². The first kappa shape index (κ1) is 14.7. The Balaban J connectivity index is 1.51. The van der Waals surface area contributed by atoms with Gasteiger partial charge in [0.25, 0.3) is 0 Å². The van der Waals surface area contributed by atoms with E-state index in [9.17, 15) is 4.79 Å². The quantitative estimate of drug-likeness (QED) is 0.878. The maximum absolute atomic E-state index is 11.9. The Bertz CT molecular complexity index is 630. The van der Waals surface area contributed by atoms with Crippen LogP contribution in [0.1, 0.15) is 24.3 Å². The van der Waals surface area contributed by atoms with Crippen molar-refractivity contribution < 1.29 is 9.32 Å². The summed E-state index contributed by atoms with van der Waals surface area (Å²) >= 11 is 0. The number of amides is 1. The van der Waals surface area contributed by atoms with Crippen molar-refractivity contribution in [2.45, 2.75) is 26.3 Å². The largest absolute Gasteiger partial charge is 0.352 e. The monoisotopic (exact) mass is 300 g/mol. The summed E-state index contributed by atoms with van der Waals surface area (Å²) in [7, 11) is 0. The minimum Gasteiger partial charge on any atom is -0.352 e. The maximum atomic E-state index is 11.9. The van der Waals surface area contributed by atoms with Gasteiger partial charge in [-0.05, 0) is 31.0 Å². The highest BCUT2D eigenvalue weighted by atomic mass is 16.5. The van der Waals surface area contributed by atoms with Gasteiger partial charge in [-0.2, -0.15) is 4.98 Å².